The second-order valence-corrected chi connectivity index (χ2v) is 6.16. The molecule has 0 spiro atoms. The highest BCUT2D eigenvalue weighted by Gasteiger charge is 2.40. The van der Waals surface area contributed by atoms with Crippen molar-refractivity contribution in [3.8, 4) is 0 Å². The Morgan fingerprint density at radius 3 is 2.40 bits per heavy atom. The molecule has 114 valence electrons. The van der Waals surface area contributed by atoms with E-state index in [1.807, 2.05) is 0 Å². The maximum absolute atomic E-state index is 12.2. The number of hydrogen-bond donors (Lipinski definition) is 2. The molecule has 0 aromatic carbocycles. The van der Waals surface area contributed by atoms with Gasteiger partial charge in [-0.2, -0.15) is 0 Å². The van der Waals surface area contributed by atoms with E-state index in [4.69, 9.17) is 4.74 Å². The number of carbonyl (C=O) groups is 2. The van der Waals surface area contributed by atoms with Crippen molar-refractivity contribution in [2.75, 3.05) is 13.2 Å². The average Bonchev–Trinajstić information content (AvgIpc) is 2.66. The molecule has 0 radical (unpaired) electrons. The minimum Gasteiger partial charge on any atom is -0.481 e. The van der Waals surface area contributed by atoms with Crippen molar-refractivity contribution in [3.05, 3.63) is 0 Å². The lowest BCUT2D eigenvalue weighted by molar-refractivity contribution is -0.153. The van der Waals surface area contributed by atoms with E-state index in [1.165, 1.54) is 0 Å². The molecule has 1 amide bonds. The third kappa shape index (κ3) is 3.95. The van der Waals surface area contributed by atoms with Gasteiger partial charge in [-0.05, 0) is 25.7 Å². The number of aliphatic carboxylic acids is 1. The Balaban J connectivity index is 1.92. The summed E-state index contributed by atoms with van der Waals surface area (Å²) in [5.74, 6) is -0.945. The lowest BCUT2D eigenvalue weighted by Gasteiger charge is -2.29. The number of carbonyl (C=O) groups excluding carboxylic acids is 1. The van der Waals surface area contributed by atoms with Crippen molar-refractivity contribution < 1.29 is 19.4 Å². The van der Waals surface area contributed by atoms with E-state index in [0.717, 1.165) is 45.1 Å². The minimum atomic E-state index is -0.851. The first-order valence-electron chi connectivity index (χ1n) is 7.73. The van der Waals surface area contributed by atoms with Gasteiger partial charge >= 0.3 is 5.97 Å². The van der Waals surface area contributed by atoms with Gasteiger partial charge in [0.25, 0.3) is 0 Å². The molecular weight excluding hydrogens is 258 g/mol. The van der Waals surface area contributed by atoms with Crippen LogP contribution in [0.5, 0.6) is 0 Å². The van der Waals surface area contributed by atoms with Gasteiger partial charge < -0.3 is 15.2 Å². The Morgan fingerprint density at radius 2 is 1.85 bits per heavy atom. The molecule has 5 heteroatoms. The molecule has 2 N–H and O–H groups in total. The lowest BCUT2D eigenvalue weighted by Crippen LogP contribution is -2.44. The normalized spacial score (nSPS) is 26.5. The first-order valence-corrected chi connectivity index (χ1v) is 7.73. The Bertz CT molecular complexity index is 342. The van der Waals surface area contributed by atoms with Gasteiger partial charge in [0.05, 0.1) is 18.1 Å². The van der Waals surface area contributed by atoms with Crippen LogP contribution in [0.2, 0.25) is 0 Å². The van der Waals surface area contributed by atoms with Crippen LogP contribution in [0.1, 0.15) is 57.8 Å². The van der Waals surface area contributed by atoms with E-state index in [-0.39, 0.29) is 18.4 Å². The van der Waals surface area contributed by atoms with Gasteiger partial charge in [0.15, 0.2) is 0 Å². The Hall–Kier alpha value is -1.10. The summed E-state index contributed by atoms with van der Waals surface area (Å²) in [5.41, 5.74) is -0.851. The maximum Gasteiger partial charge on any atom is 0.310 e. The van der Waals surface area contributed by atoms with Crippen molar-refractivity contribution in [1.82, 2.24) is 5.32 Å². The molecule has 0 bridgehead atoms. The second-order valence-electron chi connectivity index (χ2n) is 6.16. The zero-order chi connectivity index (χ0) is 14.4. The van der Waals surface area contributed by atoms with Crippen LogP contribution in [0.25, 0.3) is 0 Å². The van der Waals surface area contributed by atoms with Crippen LogP contribution in [0.4, 0.5) is 0 Å². The summed E-state index contributed by atoms with van der Waals surface area (Å²) in [5, 5.41) is 12.5. The van der Waals surface area contributed by atoms with Crippen LogP contribution in [0.15, 0.2) is 0 Å². The number of ether oxygens (including phenoxy) is 1. The van der Waals surface area contributed by atoms with Gasteiger partial charge in [0, 0.05) is 13.0 Å². The summed E-state index contributed by atoms with van der Waals surface area (Å²) in [6.45, 7) is 1.30. The summed E-state index contributed by atoms with van der Waals surface area (Å²) < 4.78 is 5.33. The van der Waals surface area contributed by atoms with E-state index in [0.29, 0.717) is 19.4 Å². The Labute approximate surface area is 120 Å². The topological polar surface area (TPSA) is 75.6 Å². The molecule has 1 aliphatic heterocycles. The molecule has 1 unspecified atom stereocenters. The van der Waals surface area contributed by atoms with Crippen LogP contribution in [0, 0.1) is 5.41 Å². The largest absolute Gasteiger partial charge is 0.481 e. The summed E-state index contributed by atoms with van der Waals surface area (Å²) in [7, 11) is 0. The lowest BCUT2D eigenvalue weighted by atomic mass is 9.77. The molecule has 2 fully saturated rings. The number of carboxylic acid groups (broad SMARTS) is 1. The molecule has 1 saturated heterocycles. The summed E-state index contributed by atoms with van der Waals surface area (Å²) in [6, 6.07) is 0.0490. The van der Waals surface area contributed by atoms with E-state index in [2.05, 4.69) is 5.32 Å². The van der Waals surface area contributed by atoms with Crippen LogP contribution in [0.3, 0.4) is 0 Å². The standard InChI is InChI=1S/C15H25NO4/c17-13(16-12-6-5-9-20-11-12)10-15(14(18)19)7-3-1-2-4-8-15/h12H,1-11H2,(H,16,17)(H,18,19). The molecule has 0 aromatic rings. The van der Waals surface area contributed by atoms with E-state index < -0.39 is 11.4 Å². The van der Waals surface area contributed by atoms with Gasteiger partial charge in [-0.3, -0.25) is 9.59 Å². The van der Waals surface area contributed by atoms with Crippen molar-refractivity contribution in [2.24, 2.45) is 5.41 Å². The van der Waals surface area contributed by atoms with Crippen molar-refractivity contribution in [3.63, 3.8) is 0 Å². The smallest absolute Gasteiger partial charge is 0.310 e. The van der Waals surface area contributed by atoms with Gasteiger partial charge in [0.1, 0.15) is 0 Å². The van der Waals surface area contributed by atoms with E-state index in [9.17, 15) is 14.7 Å². The first kappa shape index (κ1) is 15.3. The molecule has 20 heavy (non-hydrogen) atoms. The van der Waals surface area contributed by atoms with Gasteiger partial charge in [-0.25, -0.2) is 0 Å². The SMILES string of the molecule is O=C(CC1(C(=O)O)CCCCCC1)NC1CCCOC1. The molecule has 1 aliphatic carbocycles. The van der Waals surface area contributed by atoms with Gasteiger partial charge in [0.2, 0.25) is 5.91 Å². The van der Waals surface area contributed by atoms with Crippen LogP contribution >= 0.6 is 0 Å². The highest BCUT2D eigenvalue weighted by molar-refractivity contribution is 5.85. The molecule has 1 saturated carbocycles. The van der Waals surface area contributed by atoms with E-state index >= 15 is 0 Å². The fraction of sp³-hybridized carbons (Fsp3) is 0.867. The minimum absolute atomic E-state index is 0.0490. The predicted molar refractivity (Wildman–Crippen MR) is 74.4 cm³/mol. The first-order chi connectivity index (χ1) is 9.62. The number of carboxylic acids is 1. The summed E-state index contributed by atoms with van der Waals surface area (Å²) in [6.07, 6.45) is 7.20. The third-order valence-electron chi connectivity index (χ3n) is 4.54. The highest BCUT2D eigenvalue weighted by atomic mass is 16.5. The third-order valence-corrected chi connectivity index (χ3v) is 4.54. The fourth-order valence-electron chi connectivity index (χ4n) is 3.31. The fourth-order valence-corrected chi connectivity index (χ4v) is 3.31. The van der Waals surface area contributed by atoms with Crippen molar-refractivity contribution in [2.45, 2.75) is 63.8 Å². The zero-order valence-corrected chi connectivity index (χ0v) is 12.0. The Kier molecular flexibility index (Phi) is 5.40. The highest BCUT2D eigenvalue weighted by Crippen LogP contribution is 2.38. The molecule has 0 aromatic heterocycles. The van der Waals surface area contributed by atoms with Crippen LogP contribution < -0.4 is 5.32 Å². The maximum atomic E-state index is 12.2. The molecule has 1 atom stereocenters. The number of nitrogens with one attached hydrogen (secondary N) is 1. The molecular formula is C15H25NO4. The predicted octanol–water partition coefficient (Wildman–Crippen LogP) is 2.10. The Morgan fingerprint density at radius 1 is 1.15 bits per heavy atom. The average molecular weight is 283 g/mol. The van der Waals surface area contributed by atoms with E-state index in [1.54, 1.807) is 0 Å². The van der Waals surface area contributed by atoms with Gasteiger partial charge in [-0.1, -0.05) is 25.7 Å². The van der Waals surface area contributed by atoms with Crippen LogP contribution in [-0.2, 0) is 14.3 Å². The monoisotopic (exact) mass is 283 g/mol. The number of hydrogen-bond acceptors (Lipinski definition) is 3. The zero-order valence-electron chi connectivity index (χ0n) is 12.0. The van der Waals surface area contributed by atoms with Crippen LogP contribution in [-0.4, -0.2) is 36.2 Å². The molecule has 1 heterocycles. The molecule has 2 aliphatic rings. The summed E-state index contributed by atoms with van der Waals surface area (Å²) in [4.78, 5) is 23.8. The quantitative estimate of drug-likeness (QED) is 0.775. The van der Waals surface area contributed by atoms with Gasteiger partial charge in [-0.15, -0.1) is 0 Å². The number of amides is 1. The molecule has 2 rings (SSSR count). The number of rotatable bonds is 4. The van der Waals surface area contributed by atoms with Crippen molar-refractivity contribution >= 4 is 11.9 Å². The second kappa shape index (κ2) is 7.07. The summed E-state index contributed by atoms with van der Waals surface area (Å²) >= 11 is 0. The molecule has 5 nitrogen and oxygen atoms in total. The van der Waals surface area contributed by atoms with Crippen molar-refractivity contribution in [1.29, 1.82) is 0 Å².